The lowest BCUT2D eigenvalue weighted by Crippen LogP contribution is -2.33. The van der Waals surface area contributed by atoms with E-state index in [1.165, 1.54) is 6.08 Å². The first-order valence-electron chi connectivity index (χ1n) is 6.97. The number of esters is 2. The molecule has 1 fully saturated rings. The molecule has 0 saturated heterocycles. The van der Waals surface area contributed by atoms with E-state index in [1.54, 1.807) is 0 Å². The lowest BCUT2D eigenvalue weighted by atomic mass is 9.93. The highest BCUT2D eigenvalue weighted by Gasteiger charge is 2.30. The fourth-order valence-corrected chi connectivity index (χ4v) is 1.91. The van der Waals surface area contributed by atoms with Crippen molar-refractivity contribution in [2.75, 3.05) is 0 Å². The van der Waals surface area contributed by atoms with Crippen LogP contribution in [0.15, 0.2) is 24.8 Å². The zero-order chi connectivity index (χ0) is 15.3. The van der Waals surface area contributed by atoms with Crippen LogP contribution in [0, 0.1) is 5.41 Å². The van der Waals surface area contributed by atoms with Gasteiger partial charge in [-0.25, -0.2) is 4.79 Å². The van der Waals surface area contributed by atoms with E-state index in [9.17, 15) is 9.59 Å². The van der Waals surface area contributed by atoms with Crippen molar-refractivity contribution in [2.24, 2.45) is 5.41 Å². The average Bonchev–Trinajstić information content (AvgIpc) is 2.38. The van der Waals surface area contributed by atoms with Gasteiger partial charge in [-0.1, -0.05) is 19.2 Å². The van der Waals surface area contributed by atoms with Crippen LogP contribution in [0.2, 0.25) is 0 Å². The summed E-state index contributed by atoms with van der Waals surface area (Å²) in [7, 11) is 0. The van der Waals surface area contributed by atoms with E-state index in [4.69, 9.17) is 9.47 Å². The van der Waals surface area contributed by atoms with Crippen molar-refractivity contribution in [3.8, 4) is 0 Å². The Balaban J connectivity index is 2.37. The van der Waals surface area contributed by atoms with Crippen LogP contribution in [-0.4, -0.2) is 24.1 Å². The van der Waals surface area contributed by atoms with E-state index in [-0.39, 0.29) is 23.8 Å². The summed E-state index contributed by atoms with van der Waals surface area (Å²) in [4.78, 5) is 23.3. The van der Waals surface area contributed by atoms with Gasteiger partial charge in [0.1, 0.15) is 12.2 Å². The lowest BCUT2D eigenvalue weighted by Gasteiger charge is -2.30. The summed E-state index contributed by atoms with van der Waals surface area (Å²) in [6.45, 7) is 12.6. The van der Waals surface area contributed by atoms with Gasteiger partial charge in [0, 0.05) is 0 Å². The molecule has 0 heterocycles. The number of carbonyl (C=O) groups excluding carboxylic acids is 2. The summed E-state index contributed by atoms with van der Waals surface area (Å²) in [5, 5.41) is 0. The van der Waals surface area contributed by atoms with Gasteiger partial charge in [0.15, 0.2) is 0 Å². The van der Waals surface area contributed by atoms with E-state index in [0.29, 0.717) is 12.8 Å². The summed E-state index contributed by atoms with van der Waals surface area (Å²) < 4.78 is 10.8. The summed E-state index contributed by atoms with van der Waals surface area (Å²) in [6.07, 6.45) is 4.05. The van der Waals surface area contributed by atoms with E-state index in [1.807, 2.05) is 20.8 Å². The Kier molecular flexibility index (Phi) is 5.54. The molecule has 0 aromatic rings. The van der Waals surface area contributed by atoms with Gasteiger partial charge in [-0.05, 0) is 46.5 Å². The summed E-state index contributed by atoms with van der Waals surface area (Å²) >= 11 is 0. The second-order valence-corrected chi connectivity index (χ2v) is 6.19. The van der Waals surface area contributed by atoms with Gasteiger partial charge in [0.2, 0.25) is 0 Å². The highest BCUT2D eigenvalue weighted by Crippen LogP contribution is 2.26. The van der Waals surface area contributed by atoms with Gasteiger partial charge in [-0.3, -0.25) is 4.79 Å². The topological polar surface area (TPSA) is 52.6 Å². The van der Waals surface area contributed by atoms with Gasteiger partial charge in [-0.2, -0.15) is 0 Å². The van der Waals surface area contributed by atoms with Crippen LogP contribution >= 0.6 is 0 Å². The molecule has 0 unspecified atom stereocenters. The molecule has 4 nitrogen and oxygen atoms in total. The van der Waals surface area contributed by atoms with E-state index >= 15 is 0 Å². The molecule has 4 heteroatoms. The lowest BCUT2D eigenvalue weighted by molar-refractivity contribution is -0.163. The molecule has 112 valence electrons. The zero-order valence-corrected chi connectivity index (χ0v) is 12.6. The van der Waals surface area contributed by atoms with E-state index < -0.39 is 11.4 Å². The molecule has 0 aromatic heterocycles. The Morgan fingerprint density at radius 3 is 1.90 bits per heavy atom. The normalized spacial score (nSPS) is 22.8. The highest BCUT2D eigenvalue weighted by molar-refractivity contribution is 5.90. The third-order valence-electron chi connectivity index (χ3n) is 3.29. The molecular weight excluding hydrogens is 256 g/mol. The molecule has 1 aliphatic carbocycles. The summed E-state index contributed by atoms with van der Waals surface area (Å²) in [5.74, 6) is -0.604. The number of hydrogen-bond acceptors (Lipinski definition) is 4. The van der Waals surface area contributed by atoms with Crippen LogP contribution in [0.25, 0.3) is 0 Å². The largest absolute Gasteiger partial charge is 0.462 e. The maximum atomic E-state index is 11.8. The van der Waals surface area contributed by atoms with Gasteiger partial charge in [0.25, 0.3) is 0 Å². The third kappa shape index (κ3) is 4.83. The monoisotopic (exact) mass is 280 g/mol. The Labute approximate surface area is 120 Å². The Morgan fingerprint density at radius 2 is 1.50 bits per heavy atom. The van der Waals surface area contributed by atoms with E-state index in [2.05, 4.69) is 13.2 Å². The Bertz CT molecular complexity index is 395. The van der Waals surface area contributed by atoms with Crippen molar-refractivity contribution >= 4 is 11.9 Å². The quantitative estimate of drug-likeness (QED) is 0.451. The van der Waals surface area contributed by atoms with E-state index in [0.717, 1.165) is 12.8 Å². The van der Waals surface area contributed by atoms with Gasteiger partial charge in [-0.15, -0.1) is 0 Å². The van der Waals surface area contributed by atoms with Crippen LogP contribution in [0.3, 0.4) is 0 Å². The minimum atomic E-state index is -0.481. The average molecular weight is 280 g/mol. The minimum Gasteiger partial charge on any atom is -0.462 e. The molecule has 1 saturated carbocycles. The van der Waals surface area contributed by atoms with Gasteiger partial charge in [0.05, 0.1) is 11.0 Å². The first-order chi connectivity index (χ1) is 9.24. The third-order valence-corrected chi connectivity index (χ3v) is 3.29. The highest BCUT2D eigenvalue weighted by atomic mass is 16.6. The van der Waals surface area contributed by atoms with Crippen molar-refractivity contribution in [3.05, 3.63) is 24.8 Å². The van der Waals surface area contributed by atoms with Crippen LogP contribution in [-0.2, 0) is 19.1 Å². The second kappa shape index (κ2) is 6.73. The standard InChI is InChI=1S/C16H24O4/c1-6-11(2)14(17)19-12-7-9-13(10-8-12)20-15(18)16(3,4)5/h6,12-13H,1-2,7-10H2,3-5H3. The van der Waals surface area contributed by atoms with Crippen molar-refractivity contribution in [1.29, 1.82) is 0 Å². The molecule has 0 atom stereocenters. The maximum absolute atomic E-state index is 11.8. The molecule has 1 aliphatic rings. The predicted octanol–water partition coefficient (Wildman–Crippen LogP) is 3.17. The Hall–Kier alpha value is -1.58. The molecule has 0 amide bonds. The van der Waals surface area contributed by atoms with Crippen LogP contribution in [0.5, 0.6) is 0 Å². The summed E-state index contributed by atoms with van der Waals surface area (Å²) in [5.41, 5.74) is -0.211. The van der Waals surface area contributed by atoms with Gasteiger partial charge >= 0.3 is 11.9 Å². The van der Waals surface area contributed by atoms with Crippen molar-refractivity contribution in [1.82, 2.24) is 0 Å². The SMILES string of the molecule is C=CC(=C)C(=O)OC1CCC(OC(=O)C(C)(C)C)CC1. The fraction of sp³-hybridized carbons (Fsp3) is 0.625. The molecule has 1 rings (SSSR count). The molecule has 20 heavy (non-hydrogen) atoms. The van der Waals surface area contributed by atoms with Crippen molar-refractivity contribution in [2.45, 2.75) is 58.7 Å². The van der Waals surface area contributed by atoms with Crippen molar-refractivity contribution < 1.29 is 19.1 Å². The first kappa shape index (κ1) is 16.5. The fourth-order valence-electron chi connectivity index (χ4n) is 1.91. The summed E-state index contributed by atoms with van der Waals surface area (Å²) in [6, 6.07) is 0. The molecule has 0 spiro atoms. The number of carbonyl (C=O) groups is 2. The number of ether oxygens (including phenoxy) is 2. The molecule has 0 aliphatic heterocycles. The molecule has 0 N–H and O–H groups in total. The predicted molar refractivity (Wildman–Crippen MR) is 77.0 cm³/mol. The van der Waals surface area contributed by atoms with Crippen LogP contribution in [0.1, 0.15) is 46.5 Å². The maximum Gasteiger partial charge on any atom is 0.337 e. The molecule has 0 bridgehead atoms. The Morgan fingerprint density at radius 1 is 1.05 bits per heavy atom. The minimum absolute atomic E-state index is 0.0701. The van der Waals surface area contributed by atoms with Crippen LogP contribution in [0.4, 0.5) is 0 Å². The van der Waals surface area contributed by atoms with Crippen molar-refractivity contribution in [3.63, 3.8) is 0 Å². The first-order valence-corrected chi connectivity index (χ1v) is 6.97. The molecular formula is C16H24O4. The number of rotatable bonds is 4. The molecule has 0 radical (unpaired) electrons. The van der Waals surface area contributed by atoms with Gasteiger partial charge < -0.3 is 9.47 Å². The number of hydrogen-bond donors (Lipinski definition) is 0. The smallest absolute Gasteiger partial charge is 0.337 e. The second-order valence-electron chi connectivity index (χ2n) is 6.19. The molecule has 0 aromatic carbocycles. The van der Waals surface area contributed by atoms with Crippen LogP contribution < -0.4 is 0 Å². The zero-order valence-electron chi connectivity index (χ0n) is 12.6.